The van der Waals surface area contributed by atoms with Crippen molar-refractivity contribution in [2.75, 3.05) is 13.2 Å². The average molecular weight is 467 g/mol. The average Bonchev–Trinajstić information content (AvgIpc) is 3.13. The molecule has 0 spiro atoms. The fourth-order valence-electron chi connectivity index (χ4n) is 4.47. The molecule has 0 amide bonds. The van der Waals surface area contributed by atoms with Gasteiger partial charge in [-0.05, 0) is 81.3 Å². The van der Waals surface area contributed by atoms with E-state index in [0.29, 0.717) is 30.6 Å². The molecule has 1 aliphatic heterocycles. The summed E-state index contributed by atoms with van der Waals surface area (Å²) >= 11 is 0. The summed E-state index contributed by atoms with van der Waals surface area (Å²) in [7, 11) is 0. The zero-order chi connectivity index (χ0) is 24.7. The first-order valence-corrected chi connectivity index (χ1v) is 12.3. The zero-order valence-electron chi connectivity index (χ0n) is 20.9. The number of benzene rings is 1. The van der Waals surface area contributed by atoms with Crippen molar-refractivity contribution in [1.29, 1.82) is 0 Å². The Hall–Kier alpha value is -2.86. The molecule has 1 unspecified atom stereocenters. The molecule has 1 aromatic heterocycles. The second-order valence-electron chi connectivity index (χ2n) is 9.51. The predicted octanol–water partition coefficient (Wildman–Crippen LogP) is 6.00. The van der Waals surface area contributed by atoms with Crippen molar-refractivity contribution in [3.63, 3.8) is 0 Å². The number of aliphatic carboxylic acids is 1. The molecular weight excluding hydrogens is 428 g/mol. The fourth-order valence-corrected chi connectivity index (χ4v) is 4.47. The first-order chi connectivity index (χ1) is 16.3. The highest BCUT2D eigenvalue weighted by molar-refractivity contribution is 5.77. The molecule has 1 N–H and O–H groups in total. The number of hydrogen-bond donors (Lipinski definition) is 1. The molecule has 3 rings (SSSR count). The first kappa shape index (κ1) is 25.8. The topological polar surface area (TPSA) is 75.8 Å². The van der Waals surface area contributed by atoms with Crippen molar-refractivity contribution in [3.8, 4) is 5.75 Å². The normalized spacial score (nSPS) is 18.4. The van der Waals surface area contributed by atoms with Crippen LogP contribution in [0.1, 0.15) is 74.5 Å². The number of allylic oxidation sites excluding steroid dienone is 2. The third-order valence-corrected chi connectivity index (χ3v) is 6.27. The summed E-state index contributed by atoms with van der Waals surface area (Å²) in [5.41, 5.74) is 2.79. The minimum Gasteiger partial charge on any atom is -0.493 e. The third-order valence-electron chi connectivity index (χ3n) is 6.27. The highest BCUT2D eigenvalue weighted by Gasteiger charge is 2.36. The van der Waals surface area contributed by atoms with Gasteiger partial charge in [-0.25, -0.2) is 4.98 Å². The number of aromatic nitrogens is 1. The van der Waals surface area contributed by atoms with Crippen LogP contribution in [-0.4, -0.2) is 40.2 Å². The van der Waals surface area contributed by atoms with E-state index in [1.807, 2.05) is 37.3 Å². The lowest BCUT2D eigenvalue weighted by molar-refractivity contribution is -0.145. The summed E-state index contributed by atoms with van der Waals surface area (Å²) in [4.78, 5) is 18.9. The summed E-state index contributed by atoms with van der Waals surface area (Å²) in [6.07, 6.45) is 10.1. The first-order valence-electron chi connectivity index (χ1n) is 12.3. The van der Waals surface area contributed by atoms with Gasteiger partial charge in [-0.3, -0.25) is 9.69 Å². The van der Waals surface area contributed by atoms with Crippen LogP contribution in [0.5, 0.6) is 5.75 Å². The van der Waals surface area contributed by atoms with E-state index >= 15 is 0 Å². The summed E-state index contributed by atoms with van der Waals surface area (Å²) < 4.78 is 11.8. The molecule has 6 heteroatoms. The molecule has 0 aliphatic carbocycles. The predicted molar refractivity (Wildman–Crippen MR) is 135 cm³/mol. The Morgan fingerprint density at radius 2 is 2.21 bits per heavy atom. The lowest BCUT2D eigenvalue weighted by Crippen LogP contribution is -2.45. The number of fused-ring (bicyclic) bond motifs is 1. The van der Waals surface area contributed by atoms with Crippen LogP contribution in [0, 0.1) is 12.8 Å². The smallest absolute Gasteiger partial charge is 0.325 e. The van der Waals surface area contributed by atoms with Crippen LogP contribution >= 0.6 is 0 Å². The lowest BCUT2D eigenvalue weighted by Gasteiger charge is -2.40. The van der Waals surface area contributed by atoms with Crippen molar-refractivity contribution >= 4 is 12.0 Å². The second kappa shape index (κ2) is 12.0. The molecule has 34 heavy (non-hydrogen) atoms. The Balaban J connectivity index is 1.67. The molecular formula is C28H38N2O4. The van der Waals surface area contributed by atoms with Crippen molar-refractivity contribution in [2.24, 2.45) is 5.92 Å². The van der Waals surface area contributed by atoms with E-state index in [2.05, 4.69) is 43.3 Å². The van der Waals surface area contributed by atoms with Crippen LogP contribution in [0.4, 0.5) is 0 Å². The lowest BCUT2D eigenvalue weighted by atomic mass is 9.88. The van der Waals surface area contributed by atoms with Crippen LogP contribution in [0.25, 0.3) is 6.08 Å². The number of nitrogens with zero attached hydrogens (tertiary/aromatic N) is 2. The maximum Gasteiger partial charge on any atom is 0.325 e. The minimum atomic E-state index is -0.820. The largest absolute Gasteiger partial charge is 0.493 e. The van der Waals surface area contributed by atoms with E-state index in [1.165, 1.54) is 0 Å². The van der Waals surface area contributed by atoms with Gasteiger partial charge >= 0.3 is 5.97 Å². The molecule has 6 nitrogen and oxygen atoms in total. The molecule has 2 heterocycles. The number of carbonyl (C=O) groups is 1. The van der Waals surface area contributed by atoms with E-state index in [1.54, 1.807) is 0 Å². The van der Waals surface area contributed by atoms with Crippen LogP contribution in [0.3, 0.4) is 0 Å². The number of hydrogen-bond acceptors (Lipinski definition) is 5. The van der Waals surface area contributed by atoms with E-state index in [0.717, 1.165) is 54.8 Å². The summed E-state index contributed by atoms with van der Waals surface area (Å²) in [5.74, 6) is 1.88. The van der Waals surface area contributed by atoms with Gasteiger partial charge in [0.25, 0.3) is 0 Å². The molecule has 2 atom stereocenters. The van der Waals surface area contributed by atoms with Crippen LogP contribution < -0.4 is 4.74 Å². The monoisotopic (exact) mass is 466 g/mol. The third kappa shape index (κ3) is 6.60. The number of aryl methyl sites for hydroxylation is 1. The van der Waals surface area contributed by atoms with Gasteiger partial charge in [-0.2, -0.15) is 0 Å². The van der Waals surface area contributed by atoms with E-state index < -0.39 is 12.0 Å². The minimum absolute atomic E-state index is 0.170. The van der Waals surface area contributed by atoms with Gasteiger partial charge in [0, 0.05) is 12.5 Å². The molecule has 0 fully saturated rings. The van der Waals surface area contributed by atoms with E-state index in [-0.39, 0.29) is 6.04 Å². The molecule has 2 aromatic rings. The maximum absolute atomic E-state index is 12.2. The van der Waals surface area contributed by atoms with Gasteiger partial charge in [-0.1, -0.05) is 32.1 Å². The highest BCUT2D eigenvalue weighted by Crippen LogP contribution is 2.36. The molecule has 0 saturated carbocycles. The van der Waals surface area contributed by atoms with Crippen LogP contribution in [0.15, 0.2) is 41.3 Å². The van der Waals surface area contributed by atoms with Crippen molar-refractivity contribution in [2.45, 2.75) is 71.9 Å². The molecule has 1 aromatic carbocycles. The Kier molecular flexibility index (Phi) is 9.11. The fraction of sp³-hybridized carbons (Fsp3) is 0.500. The quantitative estimate of drug-likeness (QED) is 0.305. The maximum atomic E-state index is 12.2. The Morgan fingerprint density at radius 1 is 1.41 bits per heavy atom. The molecule has 184 valence electrons. The molecule has 0 radical (unpaired) electrons. The van der Waals surface area contributed by atoms with Crippen molar-refractivity contribution in [1.82, 2.24) is 9.88 Å². The number of carboxylic acid groups (broad SMARTS) is 1. The standard InChI is InChI=1S/C28H38N2O4/c1-6-7-8-15-30-20(4)17-22-12-13-23(18-24(22)27(30)28(31)32)33-16-14-25-21(5)34-26(29-25)11-9-10-19(2)3/h6,9,11-13,18-20,27H,1,7-8,10,14-17H2,2-5H3,(H,31,32)/t20-,27?/m0/s1. The van der Waals surface area contributed by atoms with E-state index in [4.69, 9.17) is 9.15 Å². The van der Waals surface area contributed by atoms with Gasteiger partial charge in [0.05, 0.1) is 12.3 Å². The molecule has 0 bridgehead atoms. The Labute approximate surface area is 203 Å². The Morgan fingerprint density at radius 3 is 2.91 bits per heavy atom. The second-order valence-corrected chi connectivity index (χ2v) is 9.51. The number of rotatable bonds is 12. The van der Waals surface area contributed by atoms with Crippen molar-refractivity contribution in [3.05, 3.63) is 65.4 Å². The number of ether oxygens (including phenoxy) is 1. The number of oxazole rings is 1. The summed E-state index contributed by atoms with van der Waals surface area (Å²) in [5, 5.41) is 10.0. The van der Waals surface area contributed by atoms with Crippen molar-refractivity contribution < 1.29 is 19.1 Å². The Bertz CT molecular complexity index is 1010. The highest BCUT2D eigenvalue weighted by atomic mass is 16.5. The number of unbranched alkanes of at least 4 members (excludes halogenated alkanes) is 1. The molecule has 0 saturated heterocycles. The van der Waals surface area contributed by atoms with Crippen LogP contribution in [-0.2, 0) is 17.6 Å². The van der Waals surface area contributed by atoms with Gasteiger partial charge in [-0.15, -0.1) is 6.58 Å². The SMILES string of the molecule is C=CCCCN1C(C(=O)O)c2cc(OCCc3nc(C=CCC(C)C)oc3C)ccc2C[C@@H]1C. The summed E-state index contributed by atoms with van der Waals surface area (Å²) in [6.45, 7) is 13.3. The molecule has 1 aliphatic rings. The van der Waals surface area contributed by atoms with E-state index in [9.17, 15) is 9.90 Å². The summed E-state index contributed by atoms with van der Waals surface area (Å²) in [6, 6.07) is 5.36. The van der Waals surface area contributed by atoms with Gasteiger partial charge < -0.3 is 14.3 Å². The van der Waals surface area contributed by atoms with Gasteiger partial charge in [0.2, 0.25) is 5.89 Å². The van der Waals surface area contributed by atoms with Gasteiger partial charge in [0.15, 0.2) is 0 Å². The zero-order valence-corrected chi connectivity index (χ0v) is 20.9. The van der Waals surface area contributed by atoms with Gasteiger partial charge in [0.1, 0.15) is 17.6 Å². The number of carboxylic acids is 1. The van der Waals surface area contributed by atoms with Crippen LogP contribution in [0.2, 0.25) is 0 Å².